The second-order valence-electron chi connectivity index (χ2n) is 18.0. The van der Waals surface area contributed by atoms with Crippen molar-refractivity contribution in [1.29, 1.82) is 0 Å². The number of likely N-dealkylation sites (N-methyl/N-ethyl adjacent to an activating group) is 4. The summed E-state index contributed by atoms with van der Waals surface area (Å²) in [5.41, 5.74) is 20.1. The molecule has 0 atom stereocenters. The van der Waals surface area contributed by atoms with Crippen molar-refractivity contribution >= 4 is 63.2 Å². The van der Waals surface area contributed by atoms with Gasteiger partial charge in [0.15, 0.2) is 5.78 Å². The normalized spacial score (nSPS) is 13.7. The van der Waals surface area contributed by atoms with Crippen LogP contribution >= 0.6 is 0 Å². The first kappa shape index (κ1) is 48.7. The predicted molar refractivity (Wildman–Crippen MR) is 279 cm³/mol. The minimum atomic E-state index is -0.154. The van der Waals surface area contributed by atoms with Crippen molar-refractivity contribution in [2.24, 2.45) is 0 Å². The summed E-state index contributed by atoms with van der Waals surface area (Å²) in [7, 11) is 15.4. The van der Waals surface area contributed by atoms with Crippen LogP contribution in [0.4, 0.5) is 57.4 Å². The van der Waals surface area contributed by atoms with Crippen LogP contribution in [0.3, 0.4) is 0 Å². The molecule has 19 heteroatoms. The lowest BCUT2D eigenvalue weighted by molar-refractivity contribution is 0.103. The highest BCUT2D eigenvalue weighted by molar-refractivity contribution is 6.15. The van der Waals surface area contributed by atoms with E-state index < -0.39 is 0 Å². The predicted octanol–water partition coefficient (Wildman–Crippen LogP) is 5.70. The van der Waals surface area contributed by atoms with Crippen molar-refractivity contribution in [3.05, 3.63) is 108 Å². The van der Waals surface area contributed by atoms with Gasteiger partial charge in [-0.2, -0.15) is 9.97 Å². The van der Waals surface area contributed by atoms with E-state index in [0.29, 0.717) is 95.2 Å². The molecule has 2 aliphatic heterocycles. The second kappa shape index (κ2) is 21.7. The van der Waals surface area contributed by atoms with E-state index in [4.69, 9.17) is 30.4 Å². The number of carbonyl (C=O) groups is 1. The van der Waals surface area contributed by atoms with Crippen molar-refractivity contribution in [1.82, 2.24) is 29.7 Å². The Morgan fingerprint density at radius 3 is 1.39 bits per heavy atom. The largest absolute Gasteiger partial charge is 0.494 e. The number of para-hydroxylation sites is 2. The molecule has 4 heterocycles. The quantitative estimate of drug-likeness (QED) is 0.0477. The van der Waals surface area contributed by atoms with Crippen molar-refractivity contribution in [3.63, 3.8) is 0 Å². The molecule has 0 amide bonds. The molecule has 6 aromatic rings. The molecule has 8 rings (SSSR count). The van der Waals surface area contributed by atoms with Gasteiger partial charge in [0.25, 0.3) is 0 Å². The maximum atomic E-state index is 14.4. The van der Waals surface area contributed by atoms with Crippen LogP contribution in [0.1, 0.15) is 15.9 Å². The van der Waals surface area contributed by atoms with E-state index in [2.05, 4.69) is 60.0 Å². The Labute approximate surface area is 409 Å². The van der Waals surface area contributed by atoms with E-state index in [-0.39, 0.29) is 18.0 Å². The number of hydrogen-bond donors (Lipinski definition) is 4. The fraction of sp³-hybridized carbons (Fsp3) is 0.353. The standard InChI is InChI=1S/C51H64N14O5/c1-60(2)21-23-62(5)43-27-45(67-7)39(25-37(43)52)56-50-54-19-17-47(58-50)69-33-29-64(30-33)41-15-11-9-13-35(41)49(66)36-14-10-12-16-42(36)65-31-34(32-65)70-48-18-20-55-51(59-48)57-40-26-38(53)44(28-46(40)68-8)63(6)24-22-61(3)4/h9-20,25-28,33-34H,21-24,29-32,52-53H2,1-8H3,(H,54,56,58)(H,55,57,59). The molecule has 2 fully saturated rings. The second-order valence-corrected chi connectivity index (χ2v) is 18.0. The number of rotatable bonds is 22. The zero-order chi connectivity index (χ0) is 49.5. The van der Waals surface area contributed by atoms with Crippen LogP contribution < -0.4 is 60.6 Å². The third kappa shape index (κ3) is 11.4. The monoisotopic (exact) mass is 953 g/mol. The molecule has 6 N–H and O–H groups in total. The Morgan fingerprint density at radius 1 is 0.600 bits per heavy atom. The molecular weight excluding hydrogens is 889 g/mol. The van der Waals surface area contributed by atoms with Gasteiger partial charge in [-0.15, -0.1) is 0 Å². The summed E-state index contributed by atoms with van der Waals surface area (Å²) in [5.74, 6) is 2.69. The van der Waals surface area contributed by atoms with E-state index in [1.54, 1.807) is 38.7 Å². The maximum Gasteiger partial charge on any atom is 0.230 e. The zero-order valence-electron chi connectivity index (χ0n) is 41.2. The van der Waals surface area contributed by atoms with Crippen LogP contribution in [-0.2, 0) is 0 Å². The molecule has 0 unspecified atom stereocenters. The minimum Gasteiger partial charge on any atom is -0.494 e. The number of nitrogens with zero attached hydrogens (tertiary/aromatic N) is 10. The number of hydrogen-bond acceptors (Lipinski definition) is 19. The van der Waals surface area contributed by atoms with Crippen LogP contribution in [0.15, 0.2) is 97.3 Å². The van der Waals surface area contributed by atoms with E-state index in [0.717, 1.165) is 48.9 Å². The van der Waals surface area contributed by atoms with Gasteiger partial charge in [0.05, 0.1) is 74.5 Å². The SMILES string of the molecule is COc1cc(N(C)CCN(C)C)c(N)cc1Nc1nccc(OC2CN(c3ccccc3C(=O)c3ccccc3N3CC(Oc4ccnc(Nc5cc(N)c(N(C)CCN(C)C)cc5OC)n4)C3)C2)n1. The molecule has 0 saturated carbocycles. The number of carbonyl (C=O) groups excluding carboxylic acids is 1. The van der Waals surface area contributed by atoms with Crippen LogP contribution in [0, 0.1) is 0 Å². The number of aromatic nitrogens is 4. The molecule has 368 valence electrons. The lowest BCUT2D eigenvalue weighted by Crippen LogP contribution is -2.54. The molecule has 2 saturated heterocycles. The van der Waals surface area contributed by atoms with Gasteiger partial charge in [0.1, 0.15) is 23.7 Å². The van der Waals surface area contributed by atoms with Crippen LogP contribution in [0.2, 0.25) is 0 Å². The Morgan fingerprint density at radius 2 is 1.00 bits per heavy atom. The van der Waals surface area contributed by atoms with E-state index in [1.807, 2.05) is 115 Å². The number of ketones is 1. The number of anilines is 10. The smallest absolute Gasteiger partial charge is 0.230 e. The molecule has 70 heavy (non-hydrogen) atoms. The summed E-state index contributed by atoms with van der Waals surface area (Å²) in [6, 6.07) is 26.3. The van der Waals surface area contributed by atoms with E-state index >= 15 is 0 Å². The van der Waals surface area contributed by atoms with Gasteiger partial charge in [-0.1, -0.05) is 24.3 Å². The topological polar surface area (TPSA) is 201 Å². The summed E-state index contributed by atoms with van der Waals surface area (Å²) in [5, 5.41) is 6.50. The average molecular weight is 953 g/mol. The molecule has 2 aromatic heterocycles. The highest BCUT2D eigenvalue weighted by Gasteiger charge is 2.35. The van der Waals surface area contributed by atoms with Gasteiger partial charge in [-0.3, -0.25) is 4.79 Å². The lowest BCUT2D eigenvalue weighted by Gasteiger charge is -2.42. The van der Waals surface area contributed by atoms with Crippen molar-refractivity contribution in [3.8, 4) is 23.3 Å². The summed E-state index contributed by atoms with van der Waals surface area (Å²) in [6.45, 7) is 5.64. The highest BCUT2D eigenvalue weighted by atomic mass is 16.5. The van der Waals surface area contributed by atoms with Gasteiger partial charge in [-0.05, 0) is 64.6 Å². The molecule has 0 radical (unpaired) electrons. The van der Waals surface area contributed by atoms with E-state index in [9.17, 15) is 4.79 Å². The van der Waals surface area contributed by atoms with Gasteiger partial charge in [-0.25, -0.2) is 9.97 Å². The highest BCUT2D eigenvalue weighted by Crippen LogP contribution is 2.39. The van der Waals surface area contributed by atoms with Gasteiger partial charge >= 0.3 is 0 Å². The number of nitrogen functional groups attached to an aromatic ring is 2. The molecule has 2 aliphatic rings. The first-order chi connectivity index (χ1) is 33.8. The molecule has 4 aromatic carbocycles. The van der Waals surface area contributed by atoms with Crippen LogP contribution in [-0.4, -0.2) is 157 Å². The maximum absolute atomic E-state index is 14.4. The Hall–Kier alpha value is -7.77. The molecule has 0 spiro atoms. The molecule has 19 nitrogen and oxygen atoms in total. The Bertz CT molecular complexity index is 2580. The lowest BCUT2D eigenvalue weighted by atomic mass is 9.96. The van der Waals surface area contributed by atoms with Gasteiger partial charge in [0, 0.05) is 99.4 Å². The summed E-state index contributed by atoms with van der Waals surface area (Å²) in [4.78, 5) is 45.3. The average Bonchev–Trinajstić information content (AvgIpc) is 3.32. The van der Waals surface area contributed by atoms with Gasteiger partial charge < -0.3 is 70.4 Å². The number of nitrogens with two attached hydrogens (primary N) is 2. The summed E-state index contributed by atoms with van der Waals surface area (Å²) < 4.78 is 24.1. The first-order valence-electron chi connectivity index (χ1n) is 23.2. The number of methoxy groups -OCH3 is 2. The minimum absolute atomic E-state index is 0.0633. The van der Waals surface area contributed by atoms with Gasteiger partial charge in [0.2, 0.25) is 23.7 Å². The fourth-order valence-electron chi connectivity index (χ4n) is 8.27. The third-order valence-electron chi connectivity index (χ3n) is 12.3. The van der Waals surface area contributed by atoms with Crippen LogP contribution in [0.5, 0.6) is 23.3 Å². The fourth-order valence-corrected chi connectivity index (χ4v) is 8.27. The van der Waals surface area contributed by atoms with Crippen LogP contribution in [0.25, 0.3) is 0 Å². The number of benzene rings is 4. The third-order valence-corrected chi connectivity index (χ3v) is 12.3. The Kier molecular flexibility index (Phi) is 15.1. The summed E-state index contributed by atoms with van der Waals surface area (Å²) in [6.07, 6.45) is 2.98. The Balaban J connectivity index is 0.865. The summed E-state index contributed by atoms with van der Waals surface area (Å²) >= 11 is 0. The number of nitrogens with one attached hydrogen (secondary N) is 2. The zero-order valence-corrected chi connectivity index (χ0v) is 41.2. The molecular formula is C51H64N14O5. The molecule has 0 bridgehead atoms. The van der Waals surface area contributed by atoms with Crippen molar-refractivity contribution in [2.75, 3.05) is 151 Å². The first-order valence-corrected chi connectivity index (χ1v) is 23.2. The number of ether oxygens (including phenoxy) is 4. The van der Waals surface area contributed by atoms with Crippen molar-refractivity contribution in [2.45, 2.75) is 12.2 Å². The van der Waals surface area contributed by atoms with E-state index in [1.165, 1.54) is 0 Å². The molecule has 0 aliphatic carbocycles. The van der Waals surface area contributed by atoms with Crippen molar-refractivity contribution < 1.29 is 23.7 Å².